The lowest BCUT2D eigenvalue weighted by molar-refractivity contribution is -0.137. The number of pyridine rings is 1. The molecule has 3 heterocycles. The van der Waals surface area contributed by atoms with E-state index in [0.29, 0.717) is 12.8 Å². The molecule has 1 fully saturated rings. The van der Waals surface area contributed by atoms with E-state index < -0.39 is 23.4 Å². The third kappa shape index (κ3) is 5.44. The number of hydrogen-bond acceptors (Lipinski definition) is 6. The Morgan fingerprint density at radius 1 is 1.26 bits per heavy atom. The van der Waals surface area contributed by atoms with Gasteiger partial charge in [-0.1, -0.05) is 11.3 Å². The van der Waals surface area contributed by atoms with Crippen molar-refractivity contribution in [3.05, 3.63) is 52.2 Å². The first-order valence-corrected chi connectivity index (χ1v) is 11.3. The van der Waals surface area contributed by atoms with Crippen LogP contribution in [0.5, 0.6) is 5.75 Å². The standard InChI is InChI=1S/C22H21F5N4O2S/c1-31-6-4-12(5-7-31)20(32)28-10-14-15(23)2-3-17(19(14)24)33-11-18-30-16-8-13(22(25,26)27)9-29-21(16)34-18/h2-3,8-9,12H,4-7,10-11H2,1H3,(H,28,32). The lowest BCUT2D eigenvalue weighted by Gasteiger charge is -2.28. The van der Waals surface area contributed by atoms with Gasteiger partial charge in [-0.05, 0) is 51.2 Å². The van der Waals surface area contributed by atoms with Crippen molar-refractivity contribution in [1.29, 1.82) is 0 Å². The fourth-order valence-corrected chi connectivity index (χ4v) is 4.46. The molecular formula is C22H21F5N4O2S. The minimum absolute atomic E-state index is 0.0512. The maximum absolute atomic E-state index is 14.9. The first-order valence-electron chi connectivity index (χ1n) is 10.5. The number of nitrogens with zero attached hydrogens (tertiary/aromatic N) is 3. The summed E-state index contributed by atoms with van der Waals surface area (Å²) in [6.45, 7) is 0.990. The van der Waals surface area contributed by atoms with Crippen LogP contribution in [0.15, 0.2) is 24.4 Å². The predicted octanol–water partition coefficient (Wildman–Crippen LogP) is 4.53. The van der Waals surface area contributed by atoms with Crippen LogP contribution in [0.25, 0.3) is 10.3 Å². The molecule has 0 radical (unpaired) electrons. The molecule has 4 rings (SSSR count). The Morgan fingerprint density at radius 3 is 2.71 bits per heavy atom. The van der Waals surface area contributed by atoms with Crippen LogP contribution in [0.2, 0.25) is 0 Å². The molecule has 0 atom stereocenters. The smallest absolute Gasteiger partial charge is 0.417 e. The van der Waals surface area contributed by atoms with Crippen LogP contribution in [-0.4, -0.2) is 40.9 Å². The van der Waals surface area contributed by atoms with Gasteiger partial charge in [0.25, 0.3) is 0 Å². The number of likely N-dealkylation sites (tertiary alicyclic amines) is 1. The van der Waals surface area contributed by atoms with Crippen molar-refractivity contribution in [2.75, 3.05) is 20.1 Å². The quantitative estimate of drug-likeness (QED) is 0.504. The second-order valence-corrected chi connectivity index (χ2v) is 9.14. The number of fused-ring (bicyclic) bond motifs is 1. The summed E-state index contributed by atoms with van der Waals surface area (Å²) < 4.78 is 73.1. The molecule has 0 bridgehead atoms. The lowest BCUT2D eigenvalue weighted by Crippen LogP contribution is -2.38. The van der Waals surface area contributed by atoms with Gasteiger partial charge in [0.1, 0.15) is 27.8 Å². The predicted molar refractivity (Wildman–Crippen MR) is 115 cm³/mol. The number of carbonyl (C=O) groups is 1. The van der Waals surface area contributed by atoms with E-state index in [0.717, 1.165) is 48.8 Å². The number of alkyl halides is 3. The number of hydrogen-bond donors (Lipinski definition) is 1. The van der Waals surface area contributed by atoms with Crippen molar-refractivity contribution < 1.29 is 31.5 Å². The van der Waals surface area contributed by atoms with Crippen LogP contribution in [-0.2, 0) is 24.1 Å². The summed E-state index contributed by atoms with van der Waals surface area (Å²) in [4.78, 5) is 22.6. The molecule has 12 heteroatoms. The van der Waals surface area contributed by atoms with Crippen LogP contribution < -0.4 is 10.1 Å². The molecule has 0 spiro atoms. The number of halogens is 5. The average Bonchev–Trinajstić information content (AvgIpc) is 3.20. The maximum Gasteiger partial charge on any atom is 0.417 e. The van der Waals surface area contributed by atoms with Crippen LogP contribution in [0, 0.1) is 17.6 Å². The first-order chi connectivity index (χ1) is 16.1. The van der Waals surface area contributed by atoms with Gasteiger partial charge in [0.2, 0.25) is 5.91 Å². The van der Waals surface area contributed by atoms with E-state index in [4.69, 9.17) is 4.74 Å². The summed E-state index contributed by atoms with van der Waals surface area (Å²) in [6, 6.07) is 3.03. The number of amides is 1. The molecular weight excluding hydrogens is 479 g/mol. The highest BCUT2D eigenvalue weighted by Crippen LogP contribution is 2.32. The Labute approximate surface area is 195 Å². The zero-order valence-corrected chi connectivity index (χ0v) is 18.9. The van der Waals surface area contributed by atoms with Crippen LogP contribution in [0.1, 0.15) is 29.0 Å². The third-order valence-electron chi connectivity index (χ3n) is 5.65. The fraction of sp³-hybridized carbons (Fsp3) is 0.409. The van der Waals surface area contributed by atoms with Crippen molar-refractivity contribution in [3.63, 3.8) is 0 Å². The van der Waals surface area contributed by atoms with E-state index in [1.807, 2.05) is 7.05 Å². The van der Waals surface area contributed by atoms with Gasteiger partial charge in [0.15, 0.2) is 11.6 Å². The van der Waals surface area contributed by atoms with E-state index >= 15 is 0 Å². The third-order valence-corrected chi connectivity index (χ3v) is 6.60. The summed E-state index contributed by atoms with van der Waals surface area (Å²) in [7, 11) is 1.97. The van der Waals surface area contributed by atoms with Crippen LogP contribution >= 0.6 is 11.3 Å². The van der Waals surface area contributed by atoms with Gasteiger partial charge in [-0.15, -0.1) is 0 Å². The van der Waals surface area contributed by atoms with E-state index in [2.05, 4.69) is 20.2 Å². The molecule has 1 aliphatic rings. The van der Waals surface area contributed by atoms with Crippen molar-refractivity contribution in [1.82, 2.24) is 20.2 Å². The Balaban J connectivity index is 1.42. The lowest BCUT2D eigenvalue weighted by atomic mass is 9.96. The molecule has 3 aromatic rings. The molecule has 0 saturated carbocycles. The van der Waals surface area contributed by atoms with Crippen molar-refractivity contribution in [3.8, 4) is 5.75 Å². The fourth-order valence-electron chi connectivity index (χ4n) is 3.66. The minimum Gasteiger partial charge on any atom is -0.483 e. The van der Waals surface area contributed by atoms with E-state index in [1.54, 1.807) is 0 Å². The van der Waals surface area contributed by atoms with Gasteiger partial charge >= 0.3 is 6.18 Å². The summed E-state index contributed by atoms with van der Waals surface area (Å²) in [5.74, 6) is -2.49. The second-order valence-electron chi connectivity index (χ2n) is 8.08. The van der Waals surface area contributed by atoms with Crippen molar-refractivity contribution >= 4 is 27.6 Å². The largest absolute Gasteiger partial charge is 0.483 e. The highest BCUT2D eigenvalue weighted by atomic mass is 32.1. The van der Waals surface area contributed by atoms with Gasteiger partial charge in [-0.3, -0.25) is 4.79 Å². The topological polar surface area (TPSA) is 67.4 Å². The number of carbonyl (C=O) groups excluding carboxylic acids is 1. The number of rotatable bonds is 6. The van der Waals surface area contributed by atoms with Gasteiger partial charge in [-0.25, -0.2) is 18.7 Å². The number of ether oxygens (including phenoxy) is 1. The molecule has 1 N–H and O–H groups in total. The molecule has 6 nitrogen and oxygen atoms in total. The zero-order valence-electron chi connectivity index (χ0n) is 18.1. The van der Waals surface area contributed by atoms with E-state index in [-0.39, 0.29) is 51.6 Å². The summed E-state index contributed by atoms with van der Waals surface area (Å²) >= 11 is 1.01. The molecule has 182 valence electrons. The molecule has 1 aliphatic heterocycles. The number of aromatic nitrogens is 2. The molecule has 1 amide bonds. The average molecular weight is 500 g/mol. The first kappa shape index (κ1) is 24.3. The van der Waals surface area contributed by atoms with Gasteiger partial charge < -0.3 is 15.0 Å². The van der Waals surface area contributed by atoms with E-state index in [9.17, 15) is 26.7 Å². The van der Waals surface area contributed by atoms with Gasteiger partial charge in [-0.2, -0.15) is 13.2 Å². The molecule has 0 aliphatic carbocycles. The normalized spacial score (nSPS) is 15.6. The highest BCUT2D eigenvalue weighted by molar-refractivity contribution is 7.18. The molecule has 2 aromatic heterocycles. The Kier molecular flexibility index (Phi) is 6.99. The number of nitrogens with one attached hydrogen (secondary N) is 1. The number of piperidine rings is 1. The molecule has 1 saturated heterocycles. The minimum atomic E-state index is -4.54. The Hall–Kier alpha value is -2.86. The van der Waals surface area contributed by atoms with Crippen molar-refractivity contribution in [2.24, 2.45) is 5.92 Å². The molecule has 34 heavy (non-hydrogen) atoms. The summed E-state index contributed by atoms with van der Waals surface area (Å²) in [5, 5.41) is 2.88. The number of thiazole rings is 1. The van der Waals surface area contributed by atoms with Crippen molar-refractivity contribution in [2.45, 2.75) is 32.2 Å². The van der Waals surface area contributed by atoms with Crippen LogP contribution in [0.3, 0.4) is 0 Å². The summed E-state index contributed by atoms with van der Waals surface area (Å²) in [5.41, 5.74) is -1.20. The highest BCUT2D eigenvalue weighted by Gasteiger charge is 2.31. The van der Waals surface area contributed by atoms with Gasteiger partial charge in [0, 0.05) is 24.2 Å². The zero-order chi connectivity index (χ0) is 24.5. The van der Waals surface area contributed by atoms with Crippen LogP contribution in [0.4, 0.5) is 22.0 Å². The molecule has 1 aromatic carbocycles. The van der Waals surface area contributed by atoms with Gasteiger partial charge in [0.05, 0.1) is 5.56 Å². The Morgan fingerprint density at radius 2 is 2.00 bits per heavy atom. The van der Waals surface area contributed by atoms with E-state index in [1.165, 1.54) is 0 Å². The maximum atomic E-state index is 14.9. The monoisotopic (exact) mass is 500 g/mol. The molecule has 0 unspecified atom stereocenters. The summed E-state index contributed by atoms with van der Waals surface area (Å²) in [6.07, 6.45) is -2.47. The Bertz CT molecular complexity index is 1190. The number of benzene rings is 1. The second kappa shape index (κ2) is 9.79. The SMILES string of the molecule is CN1CCC(C(=O)NCc2c(F)ccc(OCc3nc4cc(C(F)(F)F)cnc4s3)c2F)CC1.